The molecule has 23 heavy (non-hydrogen) atoms. The van der Waals surface area contributed by atoms with Crippen molar-refractivity contribution in [1.82, 2.24) is 4.57 Å². The summed E-state index contributed by atoms with van der Waals surface area (Å²) < 4.78 is 17.7. The SMILES string of the molecule is CC(C)(C)c1ccc2cc(C(C)(C)C)n(COP(=O)(O)O)c2c1. The van der Waals surface area contributed by atoms with Crippen LogP contribution in [-0.2, 0) is 26.6 Å². The molecule has 0 aliphatic heterocycles. The van der Waals surface area contributed by atoms with Gasteiger partial charge in [0.2, 0.25) is 0 Å². The van der Waals surface area contributed by atoms with Crippen molar-refractivity contribution in [3.63, 3.8) is 0 Å². The fraction of sp³-hybridized carbons (Fsp3) is 0.529. The molecule has 0 unspecified atom stereocenters. The van der Waals surface area contributed by atoms with Gasteiger partial charge >= 0.3 is 7.82 Å². The van der Waals surface area contributed by atoms with Crippen LogP contribution in [0.15, 0.2) is 24.3 Å². The molecule has 2 N–H and O–H groups in total. The Balaban J connectivity index is 2.64. The summed E-state index contributed by atoms with van der Waals surface area (Å²) in [6.45, 7) is 12.4. The molecule has 0 radical (unpaired) electrons. The highest BCUT2D eigenvalue weighted by Crippen LogP contribution is 2.38. The van der Waals surface area contributed by atoms with Crippen LogP contribution in [0.5, 0.6) is 0 Å². The number of aromatic nitrogens is 1. The van der Waals surface area contributed by atoms with Crippen LogP contribution in [0.1, 0.15) is 52.8 Å². The molecule has 128 valence electrons. The number of rotatable bonds is 3. The highest BCUT2D eigenvalue weighted by molar-refractivity contribution is 7.46. The van der Waals surface area contributed by atoms with Crippen LogP contribution < -0.4 is 0 Å². The summed E-state index contributed by atoms with van der Waals surface area (Å²) in [4.78, 5) is 18.1. The first-order chi connectivity index (χ1) is 10.3. The Hall–Kier alpha value is -1.13. The van der Waals surface area contributed by atoms with E-state index in [1.54, 1.807) is 0 Å². The Kier molecular flexibility index (Phi) is 4.55. The number of phosphoric acid groups is 1. The van der Waals surface area contributed by atoms with Gasteiger partial charge in [0.1, 0.15) is 6.73 Å². The fourth-order valence-electron chi connectivity index (χ4n) is 2.61. The molecule has 0 saturated heterocycles. The number of hydrogen-bond acceptors (Lipinski definition) is 2. The number of nitrogens with zero attached hydrogens (tertiary/aromatic N) is 1. The van der Waals surface area contributed by atoms with Gasteiger partial charge in [0, 0.05) is 11.1 Å². The lowest BCUT2D eigenvalue weighted by atomic mass is 9.87. The minimum atomic E-state index is -4.52. The van der Waals surface area contributed by atoms with Gasteiger partial charge in [0.15, 0.2) is 0 Å². The molecular formula is C17H26NO4P. The van der Waals surface area contributed by atoms with Gasteiger partial charge in [-0.2, -0.15) is 0 Å². The van der Waals surface area contributed by atoms with Crippen molar-refractivity contribution >= 4 is 18.7 Å². The predicted octanol–water partition coefficient (Wildman–Crippen LogP) is 4.30. The van der Waals surface area contributed by atoms with Crippen LogP contribution in [0.4, 0.5) is 0 Å². The molecule has 0 spiro atoms. The van der Waals surface area contributed by atoms with E-state index in [1.165, 1.54) is 5.56 Å². The maximum Gasteiger partial charge on any atom is 0.471 e. The van der Waals surface area contributed by atoms with Crippen molar-refractivity contribution in [2.75, 3.05) is 0 Å². The standard InChI is InChI=1S/C17H26NO4P/c1-16(2,3)13-8-7-12-9-15(17(4,5)6)18(14(12)10-13)11-22-23(19,20)21/h7-10H,11H2,1-6H3,(H2,19,20,21). The largest absolute Gasteiger partial charge is 0.471 e. The summed E-state index contributed by atoms with van der Waals surface area (Å²) in [5.74, 6) is 0. The Morgan fingerprint density at radius 1 is 1.04 bits per heavy atom. The summed E-state index contributed by atoms with van der Waals surface area (Å²) in [5, 5.41) is 1.04. The van der Waals surface area contributed by atoms with Gasteiger partial charge < -0.3 is 14.4 Å². The lowest BCUT2D eigenvalue weighted by Crippen LogP contribution is -2.18. The lowest BCUT2D eigenvalue weighted by Gasteiger charge is -2.23. The second-order valence-corrected chi connectivity index (χ2v) is 9.22. The second kappa shape index (κ2) is 5.75. The highest BCUT2D eigenvalue weighted by Gasteiger charge is 2.24. The van der Waals surface area contributed by atoms with Crippen molar-refractivity contribution in [2.45, 2.75) is 59.1 Å². The molecule has 1 aromatic carbocycles. The molecule has 0 bridgehead atoms. The average molecular weight is 339 g/mol. The smallest absolute Gasteiger partial charge is 0.320 e. The van der Waals surface area contributed by atoms with Crippen molar-refractivity contribution in [2.24, 2.45) is 0 Å². The molecule has 2 aromatic rings. The molecule has 2 rings (SSSR count). The summed E-state index contributed by atoms with van der Waals surface area (Å²) in [6.07, 6.45) is 0. The lowest BCUT2D eigenvalue weighted by molar-refractivity contribution is 0.152. The molecule has 0 atom stereocenters. The minimum absolute atomic E-state index is 0.00467. The van der Waals surface area contributed by atoms with Crippen LogP contribution in [-0.4, -0.2) is 14.4 Å². The van der Waals surface area contributed by atoms with Crippen molar-refractivity contribution < 1.29 is 18.9 Å². The zero-order valence-corrected chi connectivity index (χ0v) is 15.5. The van der Waals surface area contributed by atoms with Gasteiger partial charge in [-0.1, -0.05) is 53.7 Å². The average Bonchev–Trinajstić information content (AvgIpc) is 2.72. The molecule has 5 nitrogen and oxygen atoms in total. The Morgan fingerprint density at radius 2 is 1.65 bits per heavy atom. The van der Waals surface area contributed by atoms with E-state index in [-0.39, 0.29) is 17.6 Å². The van der Waals surface area contributed by atoms with Crippen molar-refractivity contribution in [1.29, 1.82) is 0 Å². The van der Waals surface area contributed by atoms with Crippen LogP contribution in [0, 0.1) is 0 Å². The molecule has 0 fully saturated rings. The van der Waals surface area contributed by atoms with E-state index in [9.17, 15) is 4.57 Å². The Morgan fingerprint density at radius 3 is 2.13 bits per heavy atom. The van der Waals surface area contributed by atoms with E-state index in [0.29, 0.717) is 0 Å². The van der Waals surface area contributed by atoms with Crippen LogP contribution >= 0.6 is 7.82 Å². The van der Waals surface area contributed by atoms with Crippen molar-refractivity contribution in [3.05, 3.63) is 35.5 Å². The first-order valence-corrected chi connectivity index (χ1v) is 9.16. The van der Waals surface area contributed by atoms with E-state index in [4.69, 9.17) is 14.3 Å². The summed E-state index contributed by atoms with van der Waals surface area (Å²) in [6, 6.07) is 8.29. The maximum absolute atomic E-state index is 11.1. The number of hydrogen-bond donors (Lipinski definition) is 2. The third kappa shape index (κ3) is 4.24. The first kappa shape index (κ1) is 18.2. The monoisotopic (exact) mass is 339 g/mol. The zero-order valence-electron chi connectivity index (χ0n) is 14.6. The van der Waals surface area contributed by atoms with E-state index in [0.717, 1.165) is 16.6 Å². The minimum Gasteiger partial charge on any atom is -0.320 e. The molecule has 0 saturated carbocycles. The van der Waals surface area contributed by atoms with Crippen LogP contribution in [0.3, 0.4) is 0 Å². The van der Waals surface area contributed by atoms with Gasteiger partial charge in [-0.15, -0.1) is 0 Å². The zero-order chi connectivity index (χ0) is 17.6. The normalized spacial score (nSPS) is 13.7. The molecule has 0 aliphatic rings. The van der Waals surface area contributed by atoms with Crippen molar-refractivity contribution in [3.8, 4) is 0 Å². The van der Waals surface area contributed by atoms with Gasteiger partial charge in [0.25, 0.3) is 0 Å². The van der Waals surface area contributed by atoms with E-state index < -0.39 is 7.82 Å². The number of phosphoric ester groups is 1. The van der Waals surface area contributed by atoms with E-state index in [1.807, 2.05) is 4.57 Å². The third-order valence-electron chi connectivity index (χ3n) is 3.89. The maximum atomic E-state index is 11.1. The first-order valence-electron chi connectivity index (χ1n) is 7.63. The summed E-state index contributed by atoms with van der Waals surface area (Å²) >= 11 is 0. The van der Waals surface area contributed by atoms with Gasteiger partial charge in [-0.25, -0.2) is 4.57 Å². The quantitative estimate of drug-likeness (QED) is 0.818. The third-order valence-corrected chi connectivity index (χ3v) is 4.35. The molecule has 0 amide bonds. The molecule has 6 heteroatoms. The summed E-state index contributed by atoms with van der Waals surface area (Å²) in [7, 11) is -4.52. The molecule has 1 heterocycles. The van der Waals surface area contributed by atoms with E-state index >= 15 is 0 Å². The highest BCUT2D eigenvalue weighted by atomic mass is 31.2. The predicted molar refractivity (Wildman–Crippen MR) is 92.5 cm³/mol. The van der Waals surface area contributed by atoms with E-state index in [2.05, 4.69) is 65.8 Å². The van der Waals surface area contributed by atoms with Gasteiger partial charge in [0.05, 0.1) is 5.52 Å². The number of benzene rings is 1. The second-order valence-electron chi connectivity index (χ2n) is 7.98. The molecule has 1 aromatic heterocycles. The topological polar surface area (TPSA) is 71.7 Å². The van der Waals surface area contributed by atoms with Gasteiger partial charge in [-0.3, -0.25) is 4.52 Å². The number of fused-ring (bicyclic) bond motifs is 1. The fourth-order valence-corrected chi connectivity index (χ4v) is 2.88. The summed E-state index contributed by atoms with van der Waals surface area (Å²) in [5.41, 5.74) is 2.90. The Bertz CT molecular complexity index is 759. The molecule has 0 aliphatic carbocycles. The van der Waals surface area contributed by atoms with Crippen LogP contribution in [0.25, 0.3) is 10.9 Å². The Labute approximate surface area is 137 Å². The molecular weight excluding hydrogens is 313 g/mol. The van der Waals surface area contributed by atoms with Gasteiger partial charge in [-0.05, 0) is 28.5 Å². The van der Waals surface area contributed by atoms with Crippen LogP contribution in [0.2, 0.25) is 0 Å².